The summed E-state index contributed by atoms with van der Waals surface area (Å²) in [6.07, 6.45) is 3.90. The lowest BCUT2D eigenvalue weighted by Gasteiger charge is -2.54. The van der Waals surface area contributed by atoms with Gasteiger partial charge in [0.1, 0.15) is 0 Å². The molecule has 0 radical (unpaired) electrons. The molecule has 1 aromatic rings. The summed E-state index contributed by atoms with van der Waals surface area (Å²) in [4.78, 5) is 33.5. The Morgan fingerprint density at radius 3 is 2.52 bits per heavy atom. The molecule has 0 aliphatic carbocycles. The maximum absolute atomic E-state index is 14.1. The Kier molecular flexibility index (Phi) is 4.61. The van der Waals surface area contributed by atoms with Crippen LogP contribution in [-0.4, -0.2) is 66.0 Å². The van der Waals surface area contributed by atoms with Crippen molar-refractivity contribution in [2.24, 2.45) is 17.1 Å². The highest BCUT2D eigenvalue weighted by Crippen LogP contribution is 2.42. The molecule has 1 spiro atoms. The van der Waals surface area contributed by atoms with Gasteiger partial charge in [0, 0.05) is 50.9 Å². The van der Waals surface area contributed by atoms with Gasteiger partial charge in [0.2, 0.25) is 5.91 Å². The normalized spacial score (nSPS) is 24.2. The number of nitrogens with two attached hydrogens (primary N) is 1. The Bertz CT molecular complexity index is 760. The second-order valence-corrected chi connectivity index (χ2v) is 8.36. The summed E-state index contributed by atoms with van der Waals surface area (Å²) in [7, 11) is 0. The first kappa shape index (κ1) is 18.3. The molecule has 0 unspecified atom stereocenters. The number of hydrogen-bond acceptors (Lipinski definition) is 4. The number of anilines is 1. The summed E-state index contributed by atoms with van der Waals surface area (Å²) in [6, 6.07) is 1.28. The van der Waals surface area contributed by atoms with Crippen LogP contribution in [0.25, 0.3) is 0 Å². The summed E-state index contributed by atoms with van der Waals surface area (Å²) in [5, 5.41) is 0.290. The molecule has 3 amide bonds. The van der Waals surface area contributed by atoms with E-state index in [1.54, 1.807) is 4.90 Å². The van der Waals surface area contributed by atoms with E-state index in [-0.39, 0.29) is 23.3 Å². The first-order valence-corrected chi connectivity index (χ1v) is 9.64. The van der Waals surface area contributed by atoms with Gasteiger partial charge < -0.3 is 20.4 Å². The van der Waals surface area contributed by atoms with E-state index in [9.17, 15) is 14.0 Å². The summed E-state index contributed by atoms with van der Waals surface area (Å²) >= 11 is 5.77. The van der Waals surface area contributed by atoms with Crippen molar-refractivity contribution in [3.63, 3.8) is 0 Å². The van der Waals surface area contributed by atoms with Gasteiger partial charge in [-0.05, 0) is 25.3 Å². The fourth-order valence-electron chi connectivity index (χ4n) is 4.41. The van der Waals surface area contributed by atoms with Crippen LogP contribution in [0.2, 0.25) is 5.02 Å². The van der Waals surface area contributed by atoms with Gasteiger partial charge in [-0.25, -0.2) is 14.2 Å². The number of halogens is 2. The quantitative estimate of drug-likeness (QED) is 0.826. The van der Waals surface area contributed by atoms with Gasteiger partial charge in [-0.2, -0.15) is 0 Å². The zero-order chi connectivity index (χ0) is 19.2. The fraction of sp³-hybridized carbons (Fsp3) is 0.611. The Balaban J connectivity index is 1.30. The van der Waals surface area contributed by atoms with E-state index in [4.69, 9.17) is 17.3 Å². The molecule has 7 nitrogen and oxygen atoms in total. The number of urea groups is 1. The van der Waals surface area contributed by atoms with Crippen LogP contribution in [0.1, 0.15) is 19.3 Å². The molecule has 3 saturated heterocycles. The summed E-state index contributed by atoms with van der Waals surface area (Å²) < 4.78 is 14.1. The van der Waals surface area contributed by atoms with Gasteiger partial charge in [0.25, 0.3) is 0 Å². The van der Waals surface area contributed by atoms with Crippen LogP contribution >= 0.6 is 11.6 Å². The number of primary amides is 1. The minimum absolute atomic E-state index is 0.00258. The Morgan fingerprint density at radius 2 is 1.93 bits per heavy atom. The van der Waals surface area contributed by atoms with Crippen LogP contribution in [-0.2, 0) is 4.79 Å². The molecule has 4 heterocycles. The lowest BCUT2D eigenvalue weighted by Crippen LogP contribution is -2.64. The fourth-order valence-corrected chi connectivity index (χ4v) is 4.56. The molecular weight excluding hydrogens is 373 g/mol. The minimum Gasteiger partial charge on any atom is -0.369 e. The predicted octanol–water partition coefficient (Wildman–Crippen LogP) is 1.70. The van der Waals surface area contributed by atoms with E-state index in [0.717, 1.165) is 12.8 Å². The van der Waals surface area contributed by atoms with Crippen LogP contribution < -0.4 is 10.6 Å². The van der Waals surface area contributed by atoms with Crippen molar-refractivity contribution >= 4 is 29.4 Å². The molecule has 3 aliphatic heterocycles. The number of nitrogens with zero attached hydrogens (tertiary/aromatic N) is 4. The maximum Gasteiger partial charge on any atom is 0.320 e. The Labute approximate surface area is 162 Å². The number of carbonyl (C=O) groups is 2. The van der Waals surface area contributed by atoms with Crippen LogP contribution in [0.3, 0.4) is 0 Å². The third-order valence-electron chi connectivity index (χ3n) is 6.10. The number of hydrogen-bond donors (Lipinski definition) is 1. The van der Waals surface area contributed by atoms with Gasteiger partial charge in [-0.1, -0.05) is 11.6 Å². The number of pyridine rings is 1. The highest BCUT2D eigenvalue weighted by Gasteiger charge is 2.48. The van der Waals surface area contributed by atoms with Crippen LogP contribution in [0.4, 0.5) is 15.0 Å². The molecule has 146 valence electrons. The van der Waals surface area contributed by atoms with E-state index in [2.05, 4.69) is 4.98 Å². The molecule has 9 heteroatoms. The lowest BCUT2D eigenvalue weighted by atomic mass is 9.72. The Hall–Kier alpha value is -2.09. The van der Waals surface area contributed by atoms with Crippen molar-refractivity contribution in [1.29, 1.82) is 0 Å². The SMILES string of the molecule is NC(=O)[C@H]1CCN(C(=O)N2CC3(CCN(c4ncc(Cl)cc4F)CC3)C2)C1. The molecule has 0 bridgehead atoms. The average molecular weight is 396 g/mol. The number of aromatic nitrogens is 1. The highest BCUT2D eigenvalue weighted by molar-refractivity contribution is 6.30. The first-order chi connectivity index (χ1) is 12.9. The van der Waals surface area contributed by atoms with Crippen molar-refractivity contribution < 1.29 is 14.0 Å². The highest BCUT2D eigenvalue weighted by atomic mass is 35.5. The van der Waals surface area contributed by atoms with Crippen LogP contribution in [0.5, 0.6) is 0 Å². The molecule has 27 heavy (non-hydrogen) atoms. The number of piperidine rings is 1. The standard InChI is InChI=1S/C18H23ClFN5O2/c19-13-7-14(20)16(22-8-13)23-5-2-18(3-6-23)10-25(11-18)17(27)24-4-1-12(9-24)15(21)26/h7-8,12H,1-6,9-11H2,(H2,21,26)/t12-/m0/s1. The zero-order valence-electron chi connectivity index (χ0n) is 15.0. The monoisotopic (exact) mass is 395 g/mol. The van der Waals surface area contributed by atoms with Crippen molar-refractivity contribution in [1.82, 2.24) is 14.8 Å². The number of likely N-dealkylation sites (tertiary alicyclic amines) is 2. The molecule has 1 atom stereocenters. The van der Waals surface area contributed by atoms with E-state index in [1.807, 2.05) is 9.80 Å². The second-order valence-electron chi connectivity index (χ2n) is 7.92. The minimum atomic E-state index is -0.401. The molecule has 1 aromatic heterocycles. The molecule has 3 aliphatic rings. The second kappa shape index (κ2) is 6.82. The molecule has 4 rings (SSSR count). The third-order valence-corrected chi connectivity index (χ3v) is 6.30. The average Bonchev–Trinajstić information content (AvgIpc) is 3.10. The Morgan fingerprint density at radius 1 is 1.22 bits per heavy atom. The smallest absolute Gasteiger partial charge is 0.320 e. The van der Waals surface area contributed by atoms with Crippen LogP contribution in [0, 0.1) is 17.2 Å². The van der Waals surface area contributed by atoms with E-state index >= 15 is 0 Å². The van der Waals surface area contributed by atoms with Gasteiger partial charge in [0.15, 0.2) is 11.6 Å². The van der Waals surface area contributed by atoms with Gasteiger partial charge in [-0.3, -0.25) is 4.79 Å². The summed E-state index contributed by atoms with van der Waals surface area (Å²) in [5.41, 5.74) is 5.45. The van der Waals surface area contributed by atoms with Crippen LogP contribution in [0.15, 0.2) is 12.3 Å². The van der Waals surface area contributed by atoms with Crippen molar-refractivity contribution in [2.45, 2.75) is 19.3 Å². The number of rotatable bonds is 2. The summed E-state index contributed by atoms with van der Waals surface area (Å²) in [5.74, 6) is -0.618. The predicted molar refractivity (Wildman–Crippen MR) is 98.9 cm³/mol. The molecule has 3 fully saturated rings. The first-order valence-electron chi connectivity index (χ1n) is 9.26. The van der Waals surface area contributed by atoms with Gasteiger partial charge >= 0.3 is 6.03 Å². The molecule has 0 saturated carbocycles. The van der Waals surface area contributed by atoms with Crippen molar-refractivity contribution in [2.75, 3.05) is 44.2 Å². The maximum atomic E-state index is 14.1. The van der Waals surface area contributed by atoms with Gasteiger partial charge in [0.05, 0.1) is 10.9 Å². The van der Waals surface area contributed by atoms with E-state index in [0.29, 0.717) is 56.5 Å². The largest absolute Gasteiger partial charge is 0.369 e. The van der Waals surface area contributed by atoms with E-state index < -0.39 is 5.82 Å². The molecule has 0 aromatic carbocycles. The number of carbonyl (C=O) groups excluding carboxylic acids is 2. The molecular formula is C18H23ClFN5O2. The summed E-state index contributed by atoms with van der Waals surface area (Å²) in [6.45, 7) is 3.86. The topological polar surface area (TPSA) is 82.8 Å². The zero-order valence-corrected chi connectivity index (χ0v) is 15.8. The van der Waals surface area contributed by atoms with E-state index in [1.165, 1.54) is 12.3 Å². The number of amides is 3. The third kappa shape index (κ3) is 3.42. The lowest BCUT2D eigenvalue weighted by molar-refractivity contribution is -0.121. The van der Waals surface area contributed by atoms with Gasteiger partial charge in [-0.15, -0.1) is 0 Å². The van der Waals surface area contributed by atoms with Crippen molar-refractivity contribution in [3.05, 3.63) is 23.1 Å². The molecule has 2 N–H and O–H groups in total. The van der Waals surface area contributed by atoms with Crippen molar-refractivity contribution in [3.8, 4) is 0 Å².